The zero-order valence-corrected chi connectivity index (χ0v) is 11.9. The summed E-state index contributed by atoms with van der Waals surface area (Å²) in [5.74, 6) is 0.359. The molecule has 0 aromatic heterocycles. The van der Waals surface area contributed by atoms with Gasteiger partial charge in [-0.25, -0.2) is 13.1 Å². The topological polar surface area (TPSA) is 55.4 Å². The Labute approximate surface area is 113 Å². The highest BCUT2D eigenvalue weighted by atomic mass is 35.5. The predicted octanol–water partition coefficient (Wildman–Crippen LogP) is 1.75. The van der Waals surface area contributed by atoms with Gasteiger partial charge in [0, 0.05) is 19.0 Å². The lowest BCUT2D eigenvalue weighted by Gasteiger charge is -2.16. The number of ether oxygens (including phenoxy) is 1. The molecule has 102 valence electrons. The largest absolute Gasteiger partial charge is 0.383 e. The molecule has 4 nitrogen and oxygen atoms in total. The van der Waals surface area contributed by atoms with Gasteiger partial charge in [0.2, 0.25) is 10.0 Å². The molecule has 0 spiro atoms. The molecule has 0 saturated heterocycles. The van der Waals surface area contributed by atoms with E-state index in [1.165, 1.54) is 7.11 Å². The minimum absolute atomic E-state index is 0.0314. The molecule has 0 radical (unpaired) electrons. The maximum absolute atomic E-state index is 12.0. The van der Waals surface area contributed by atoms with Gasteiger partial charge in [-0.1, -0.05) is 30.3 Å². The Hall–Kier alpha value is -0.620. The lowest BCUT2D eigenvalue weighted by atomic mass is 10.2. The fraction of sp³-hybridized carbons (Fsp3) is 0.500. The second-order valence-corrected chi connectivity index (χ2v) is 6.12. The van der Waals surface area contributed by atoms with Gasteiger partial charge in [0.1, 0.15) is 0 Å². The third-order valence-electron chi connectivity index (χ3n) is 2.37. The van der Waals surface area contributed by atoms with E-state index in [-0.39, 0.29) is 11.8 Å². The van der Waals surface area contributed by atoms with Crippen LogP contribution in [0.4, 0.5) is 0 Å². The summed E-state index contributed by atoms with van der Waals surface area (Å²) in [6.07, 6.45) is 0.545. The fourth-order valence-electron chi connectivity index (χ4n) is 1.60. The molecular weight excluding hydrogens is 274 g/mol. The highest BCUT2D eigenvalue weighted by Crippen LogP contribution is 2.06. The molecule has 0 fully saturated rings. The van der Waals surface area contributed by atoms with Crippen LogP contribution >= 0.6 is 11.6 Å². The number of hydrogen-bond donors (Lipinski definition) is 1. The molecule has 1 N–H and O–H groups in total. The molecule has 0 aliphatic rings. The van der Waals surface area contributed by atoms with Crippen molar-refractivity contribution in [2.24, 2.45) is 0 Å². The predicted molar refractivity (Wildman–Crippen MR) is 73.2 cm³/mol. The summed E-state index contributed by atoms with van der Waals surface area (Å²) in [6.45, 7) is 0.320. The average Bonchev–Trinajstić information content (AvgIpc) is 2.29. The van der Waals surface area contributed by atoms with Gasteiger partial charge in [0.05, 0.1) is 12.4 Å². The molecular formula is C12H18ClNO3S. The van der Waals surface area contributed by atoms with Gasteiger partial charge in [-0.05, 0) is 12.0 Å². The highest BCUT2D eigenvalue weighted by molar-refractivity contribution is 7.88. The van der Waals surface area contributed by atoms with Crippen LogP contribution in [0.1, 0.15) is 12.0 Å². The van der Waals surface area contributed by atoms with Crippen LogP contribution in [0.15, 0.2) is 30.3 Å². The first-order chi connectivity index (χ1) is 8.57. The van der Waals surface area contributed by atoms with Crippen LogP contribution in [-0.2, 0) is 20.5 Å². The Morgan fingerprint density at radius 3 is 2.56 bits per heavy atom. The number of benzene rings is 1. The Kier molecular flexibility index (Phi) is 6.63. The Bertz CT molecular complexity index is 430. The molecule has 0 bridgehead atoms. The second-order valence-electron chi connectivity index (χ2n) is 3.99. The molecule has 0 amide bonds. The third-order valence-corrected chi connectivity index (χ3v) is 4.00. The summed E-state index contributed by atoms with van der Waals surface area (Å²) >= 11 is 5.63. The Morgan fingerprint density at radius 1 is 1.33 bits per heavy atom. The number of halogens is 1. The van der Waals surface area contributed by atoms with Crippen molar-refractivity contribution in [2.75, 3.05) is 19.6 Å². The third kappa shape index (κ3) is 5.82. The number of sulfonamides is 1. The summed E-state index contributed by atoms with van der Waals surface area (Å²) in [4.78, 5) is 0. The van der Waals surface area contributed by atoms with E-state index in [9.17, 15) is 8.42 Å². The maximum atomic E-state index is 12.0. The summed E-state index contributed by atoms with van der Waals surface area (Å²) in [5.41, 5.74) is 0.757. The first-order valence-electron chi connectivity index (χ1n) is 5.66. The molecule has 1 unspecified atom stereocenters. The fourth-order valence-corrected chi connectivity index (χ4v) is 3.27. The van der Waals surface area contributed by atoms with Crippen molar-refractivity contribution >= 4 is 21.6 Å². The van der Waals surface area contributed by atoms with Crippen molar-refractivity contribution in [1.82, 2.24) is 4.72 Å². The summed E-state index contributed by atoms with van der Waals surface area (Å²) < 4.78 is 31.5. The van der Waals surface area contributed by atoms with Gasteiger partial charge in [-0.15, -0.1) is 11.6 Å². The molecule has 6 heteroatoms. The van der Waals surface area contributed by atoms with Crippen LogP contribution in [0.25, 0.3) is 0 Å². The number of alkyl halides is 1. The Balaban J connectivity index is 2.63. The van der Waals surface area contributed by atoms with Gasteiger partial charge in [-0.3, -0.25) is 0 Å². The lowest BCUT2D eigenvalue weighted by molar-refractivity contribution is 0.173. The van der Waals surface area contributed by atoms with E-state index in [0.29, 0.717) is 18.9 Å². The standard InChI is InChI=1S/C12H18ClNO3S/c1-17-9-12(7-8-13)14-18(15,16)10-11-5-3-2-4-6-11/h2-6,12,14H,7-10H2,1H3. The zero-order valence-electron chi connectivity index (χ0n) is 10.3. The van der Waals surface area contributed by atoms with Crippen LogP contribution < -0.4 is 4.72 Å². The van der Waals surface area contributed by atoms with E-state index in [1.54, 1.807) is 12.1 Å². The van der Waals surface area contributed by atoms with E-state index < -0.39 is 10.0 Å². The van der Waals surface area contributed by atoms with Crippen molar-refractivity contribution in [3.05, 3.63) is 35.9 Å². The first kappa shape index (κ1) is 15.4. The summed E-state index contributed by atoms with van der Waals surface area (Å²) in [6, 6.07) is 8.77. The highest BCUT2D eigenvalue weighted by Gasteiger charge is 2.17. The van der Waals surface area contributed by atoms with Crippen LogP contribution in [0, 0.1) is 0 Å². The minimum Gasteiger partial charge on any atom is -0.383 e. The normalized spacial score (nSPS) is 13.4. The molecule has 0 aliphatic carbocycles. The number of rotatable bonds is 8. The van der Waals surface area contributed by atoms with Gasteiger partial charge >= 0.3 is 0 Å². The van der Waals surface area contributed by atoms with Gasteiger partial charge < -0.3 is 4.74 Å². The van der Waals surface area contributed by atoms with E-state index in [4.69, 9.17) is 16.3 Å². The van der Waals surface area contributed by atoms with Crippen molar-refractivity contribution in [2.45, 2.75) is 18.2 Å². The van der Waals surface area contributed by atoms with Crippen LogP contribution in [0.2, 0.25) is 0 Å². The van der Waals surface area contributed by atoms with Gasteiger partial charge in [0.15, 0.2) is 0 Å². The average molecular weight is 292 g/mol. The van der Waals surface area contributed by atoms with Crippen LogP contribution in [-0.4, -0.2) is 34.1 Å². The zero-order chi connectivity index (χ0) is 13.4. The quantitative estimate of drug-likeness (QED) is 0.743. The number of methoxy groups -OCH3 is 1. The summed E-state index contributed by atoms with van der Waals surface area (Å²) in [5, 5.41) is 0. The SMILES string of the molecule is COCC(CCCl)NS(=O)(=O)Cc1ccccc1. The van der Waals surface area contributed by atoms with Crippen molar-refractivity contribution in [1.29, 1.82) is 0 Å². The van der Waals surface area contributed by atoms with E-state index in [0.717, 1.165) is 5.56 Å². The van der Waals surface area contributed by atoms with Crippen molar-refractivity contribution in [3.8, 4) is 0 Å². The van der Waals surface area contributed by atoms with E-state index in [2.05, 4.69) is 4.72 Å². The molecule has 0 heterocycles. The monoisotopic (exact) mass is 291 g/mol. The van der Waals surface area contributed by atoms with Crippen LogP contribution in [0.5, 0.6) is 0 Å². The number of nitrogens with one attached hydrogen (secondary N) is 1. The van der Waals surface area contributed by atoms with E-state index >= 15 is 0 Å². The maximum Gasteiger partial charge on any atom is 0.216 e. The Morgan fingerprint density at radius 2 is 2.00 bits per heavy atom. The molecule has 0 saturated carbocycles. The van der Waals surface area contributed by atoms with Gasteiger partial charge in [-0.2, -0.15) is 0 Å². The summed E-state index contributed by atoms with van der Waals surface area (Å²) in [7, 11) is -1.83. The molecule has 0 aliphatic heterocycles. The van der Waals surface area contributed by atoms with Crippen molar-refractivity contribution in [3.63, 3.8) is 0 Å². The van der Waals surface area contributed by atoms with E-state index in [1.807, 2.05) is 18.2 Å². The van der Waals surface area contributed by atoms with Gasteiger partial charge in [0.25, 0.3) is 0 Å². The molecule has 1 rings (SSSR count). The van der Waals surface area contributed by atoms with Crippen molar-refractivity contribution < 1.29 is 13.2 Å². The molecule has 1 atom stereocenters. The molecule has 18 heavy (non-hydrogen) atoms. The second kappa shape index (κ2) is 7.74. The van der Waals surface area contributed by atoms with Crippen LogP contribution in [0.3, 0.4) is 0 Å². The smallest absolute Gasteiger partial charge is 0.216 e. The minimum atomic E-state index is -3.37. The first-order valence-corrected chi connectivity index (χ1v) is 7.85. The number of hydrogen-bond acceptors (Lipinski definition) is 3. The molecule has 1 aromatic carbocycles. The molecule has 1 aromatic rings. The lowest BCUT2D eigenvalue weighted by Crippen LogP contribution is -2.38.